The van der Waals surface area contributed by atoms with E-state index in [1.54, 1.807) is 6.07 Å². The molecule has 0 bridgehead atoms. The number of nitrogens with zero attached hydrogens (tertiary/aromatic N) is 2. The van der Waals surface area contributed by atoms with E-state index in [-0.39, 0.29) is 6.10 Å². The number of nitrogens with two attached hydrogens (primary N) is 1. The standard InChI is InChI=1S/C13H22N4O/c1-8-4-5-11(6-9(8)2)18-13-7-12(17-14)15-10(3)16-13/h7-9,11H,4-6,14H2,1-3H3,(H,15,16,17). The molecule has 0 saturated heterocycles. The van der Waals surface area contributed by atoms with Gasteiger partial charge in [-0.2, -0.15) is 4.98 Å². The molecule has 0 aliphatic heterocycles. The second-order valence-corrected chi connectivity index (χ2v) is 5.29. The van der Waals surface area contributed by atoms with Crippen LogP contribution in [0.2, 0.25) is 0 Å². The fraction of sp³-hybridized carbons (Fsp3) is 0.692. The van der Waals surface area contributed by atoms with E-state index in [2.05, 4.69) is 29.2 Å². The molecule has 1 aliphatic carbocycles. The number of hydrazine groups is 1. The highest BCUT2D eigenvalue weighted by Crippen LogP contribution is 2.31. The van der Waals surface area contributed by atoms with Crippen molar-refractivity contribution in [2.45, 2.75) is 46.1 Å². The number of hydrogen-bond donors (Lipinski definition) is 2. The Morgan fingerprint density at radius 3 is 2.72 bits per heavy atom. The van der Waals surface area contributed by atoms with Gasteiger partial charge in [-0.25, -0.2) is 10.8 Å². The molecule has 1 aliphatic rings. The van der Waals surface area contributed by atoms with E-state index in [1.165, 1.54) is 6.42 Å². The molecule has 0 aromatic carbocycles. The summed E-state index contributed by atoms with van der Waals surface area (Å²) in [6.45, 7) is 6.43. The lowest BCUT2D eigenvalue weighted by Gasteiger charge is -2.31. The fourth-order valence-electron chi connectivity index (χ4n) is 2.45. The molecule has 0 amide bonds. The first-order valence-corrected chi connectivity index (χ1v) is 6.57. The summed E-state index contributed by atoms with van der Waals surface area (Å²) >= 11 is 0. The van der Waals surface area contributed by atoms with Crippen LogP contribution in [0, 0.1) is 18.8 Å². The summed E-state index contributed by atoms with van der Waals surface area (Å²) in [5.74, 6) is 8.73. The minimum atomic E-state index is 0.260. The van der Waals surface area contributed by atoms with Crippen LogP contribution in [-0.2, 0) is 0 Å². The fourth-order valence-corrected chi connectivity index (χ4v) is 2.45. The van der Waals surface area contributed by atoms with Crippen molar-refractivity contribution >= 4 is 5.82 Å². The predicted octanol–water partition coefficient (Wildman–Crippen LogP) is 2.27. The number of rotatable bonds is 3. The normalized spacial score (nSPS) is 27.9. The number of aromatic nitrogens is 2. The van der Waals surface area contributed by atoms with Crippen LogP contribution in [0.4, 0.5) is 5.82 Å². The summed E-state index contributed by atoms with van der Waals surface area (Å²) in [5.41, 5.74) is 2.53. The Morgan fingerprint density at radius 2 is 2.06 bits per heavy atom. The molecule has 3 unspecified atom stereocenters. The zero-order valence-electron chi connectivity index (χ0n) is 11.3. The lowest BCUT2D eigenvalue weighted by atomic mass is 9.80. The van der Waals surface area contributed by atoms with Crippen LogP contribution in [0.1, 0.15) is 38.9 Å². The molecule has 18 heavy (non-hydrogen) atoms. The van der Waals surface area contributed by atoms with E-state index in [0.29, 0.717) is 23.4 Å². The number of hydrogen-bond acceptors (Lipinski definition) is 5. The molecule has 1 saturated carbocycles. The minimum absolute atomic E-state index is 0.260. The van der Waals surface area contributed by atoms with Crippen molar-refractivity contribution in [2.24, 2.45) is 17.7 Å². The van der Waals surface area contributed by atoms with E-state index >= 15 is 0 Å². The van der Waals surface area contributed by atoms with Crippen LogP contribution in [0.5, 0.6) is 5.88 Å². The Hall–Kier alpha value is -1.36. The van der Waals surface area contributed by atoms with E-state index in [9.17, 15) is 0 Å². The molecule has 100 valence electrons. The Labute approximate surface area is 108 Å². The average Bonchev–Trinajstić information content (AvgIpc) is 2.33. The van der Waals surface area contributed by atoms with E-state index in [1.807, 2.05) is 6.92 Å². The molecule has 1 fully saturated rings. The summed E-state index contributed by atoms with van der Waals surface area (Å²) in [4.78, 5) is 8.44. The molecule has 5 nitrogen and oxygen atoms in total. The zero-order valence-corrected chi connectivity index (χ0v) is 11.3. The molecule has 1 heterocycles. The number of anilines is 1. The molecular formula is C13H22N4O. The monoisotopic (exact) mass is 250 g/mol. The predicted molar refractivity (Wildman–Crippen MR) is 71.2 cm³/mol. The number of ether oxygens (including phenoxy) is 1. The van der Waals surface area contributed by atoms with Gasteiger partial charge in [0.25, 0.3) is 0 Å². The molecule has 5 heteroatoms. The Kier molecular flexibility index (Phi) is 4.01. The highest BCUT2D eigenvalue weighted by atomic mass is 16.5. The lowest BCUT2D eigenvalue weighted by molar-refractivity contribution is 0.0962. The third kappa shape index (κ3) is 3.10. The first kappa shape index (κ1) is 13.1. The van der Waals surface area contributed by atoms with Crippen LogP contribution in [-0.4, -0.2) is 16.1 Å². The molecule has 3 atom stereocenters. The first-order valence-electron chi connectivity index (χ1n) is 6.57. The smallest absolute Gasteiger partial charge is 0.219 e. The number of nitrogens with one attached hydrogen (secondary N) is 1. The number of nitrogen functional groups attached to an aromatic ring is 1. The quantitative estimate of drug-likeness (QED) is 0.636. The van der Waals surface area contributed by atoms with Crippen molar-refractivity contribution in [3.05, 3.63) is 11.9 Å². The minimum Gasteiger partial charge on any atom is -0.474 e. The van der Waals surface area contributed by atoms with Crippen molar-refractivity contribution in [3.8, 4) is 5.88 Å². The van der Waals surface area contributed by atoms with Crippen LogP contribution < -0.4 is 16.0 Å². The Morgan fingerprint density at radius 1 is 1.28 bits per heavy atom. The van der Waals surface area contributed by atoms with Crippen molar-refractivity contribution in [1.82, 2.24) is 9.97 Å². The zero-order chi connectivity index (χ0) is 13.1. The van der Waals surface area contributed by atoms with Crippen LogP contribution in [0.3, 0.4) is 0 Å². The summed E-state index contributed by atoms with van der Waals surface area (Å²) in [7, 11) is 0. The third-order valence-electron chi connectivity index (χ3n) is 3.80. The van der Waals surface area contributed by atoms with E-state index < -0.39 is 0 Å². The summed E-state index contributed by atoms with van der Waals surface area (Å²) in [6, 6.07) is 1.75. The lowest BCUT2D eigenvalue weighted by Crippen LogP contribution is -2.29. The molecule has 3 N–H and O–H groups in total. The van der Waals surface area contributed by atoms with Crippen LogP contribution >= 0.6 is 0 Å². The van der Waals surface area contributed by atoms with Crippen LogP contribution in [0.15, 0.2) is 6.07 Å². The van der Waals surface area contributed by atoms with Gasteiger partial charge in [-0.15, -0.1) is 0 Å². The molecule has 1 aromatic heterocycles. The highest BCUT2D eigenvalue weighted by molar-refractivity contribution is 5.36. The second kappa shape index (κ2) is 5.52. The van der Waals surface area contributed by atoms with Gasteiger partial charge in [-0.1, -0.05) is 13.8 Å². The maximum absolute atomic E-state index is 5.95. The molecule has 0 spiro atoms. The second-order valence-electron chi connectivity index (χ2n) is 5.29. The summed E-state index contributed by atoms with van der Waals surface area (Å²) in [6.07, 6.45) is 3.67. The van der Waals surface area contributed by atoms with Crippen molar-refractivity contribution < 1.29 is 4.74 Å². The van der Waals surface area contributed by atoms with Gasteiger partial charge in [0.05, 0.1) is 0 Å². The molecule has 1 aromatic rings. The summed E-state index contributed by atoms with van der Waals surface area (Å²) in [5, 5.41) is 0. The molecule has 2 rings (SSSR count). The molecule has 0 radical (unpaired) electrons. The average molecular weight is 250 g/mol. The van der Waals surface area contributed by atoms with Gasteiger partial charge in [0.2, 0.25) is 5.88 Å². The van der Waals surface area contributed by atoms with Crippen molar-refractivity contribution in [1.29, 1.82) is 0 Å². The van der Waals surface area contributed by atoms with E-state index in [0.717, 1.165) is 18.8 Å². The van der Waals surface area contributed by atoms with E-state index in [4.69, 9.17) is 10.6 Å². The van der Waals surface area contributed by atoms with Gasteiger partial charge in [0.15, 0.2) is 0 Å². The largest absolute Gasteiger partial charge is 0.474 e. The van der Waals surface area contributed by atoms with Gasteiger partial charge in [0.1, 0.15) is 17.7 Å². The van der Waals surface area contributed by atoms with Gasteiger partial charge < -0.3 is 10.2 Å². The van der Waals surface area contributed by atoms with Gasteiger partial charge in [-0.3, -0.25) is 0 Å². The topological polar surface area (TPSA) is 73.1 Å². The maximum Gasteiger partial charge on any atom is 0.219 e. The van der Waals surface area contributed by atoms with Crippen LogP contribution in [0.25, 0.3) is 0 Å². The first-order chi connectivity index (χ1) is 8.58. The van der Waals surface area contributed by atoms with Crippen molar-refractivity contribution in [3.63, 3.8) is 0 Å². The Balaban J connectivity index is 2.03. The highest BCUT2D eigenvalue weighted by Gasteiger charge is 2.26. The van der Waals surface area contributed by atoms with Gasteiger partial charge in [-0.05, 0) is 38.0 Å². The third-order valence-corrected chi connectivity index (χ3v) is 3.80. The summed E-state index contributed by atoms with van der Waals surface area (Å²) < 4.78 is 5.95. The Bertz CT molecular complexity index is 410. The molecular weight excluding hydrogens is 228 g/mol. The SMILES string of the molecule is Cc1nc(NN)cc(OC2CCC(C)C(C)C2)n1. The van der Waals surface area contributed by atoms with Gasteiger partial charge >= 0.3 is 0 Å². The number of aryl methyl sites for hydroxylation is 1. The maximum atomic E-state index is 5.95. The van der Waals surface area contributed by atoms with Gasteiger partial charge in [0, 0.05) is 6.07 Å². The van der Waals surface area contributed by atoms with Crippen molar-refractivity contribution in [2.75, 3.05) is 5.43 Å².